The van der Waals surface area contributed by atoms with E-state index >= 15 is 0 Å². The second-order valence-corrected chi connectivity index (χ2v) is 6.58. The van der Waals surface area contributed by atoms with Gasteiger partial charge < -0.3 is 9.47 Å². The van der Waals surface area contributed by atoms with E-state index in [0.717, 1.165) is 22.6 Å². The summed E-state index contributed by atoms with van der Waals surface area (Å²) in [5.41, 5.74) is 3.44. The summed E-state index contributed by atoms with van der Waals surface area (Å²) in [6.07, 6.45) is 3.01. The number of benzene rings is 2. The first kappa shape index (κ1) is 19.7. The lowest BCUT2D eigenvalue weighted by molar-refractivity contribution is -0.138. The fourth-order valence-corrected chi connectivity index (χ4v) is 2.99. The van der Waals surface area contributed by atoms with Crippen molar-refractivity contribution in [2.75, 3.05) is 7.11 Å². The molecule has 0 aliphatic heterocycles. The van der Waals surface area contributed by atoms with Crippen molar-refractivity contribution < 1.29 is 14.3 Å². The molecule has 1 heterocycles. The molecule has 1 aromatic heterocycles. The van der Waals surface area contributed by atoms with E-state index in [0.29, 0.717) is 17.3 Å². The van der Waals surface area contributed by atoms with Crippen LogP contribution in [-0.2, 0) is 22.7 Å². The highest BCUT2D eigenvalue weighted by molar-refractivity contribution is 6.31. The van der Waals surface area contributed by atoms with E-state index in [4.69, 9.17) is 21.1 Å². The van der Waals surface area contributed by atoms with Gasteiger partial charge in [0.15, 0.2) is 0 Å². The Morgan fingerprint density at radius 2 is 1.82 bits per heavy atom. The minimum atomic E-state index is -0.443. The SMILES string of the molecule is COc1ccc(COC(=O)/C=C/c2c(C)nn(Cc3ccccc3)c2Cl)cc1. The third kappa shape index (κ3) is 5.02. The Kier molecular flexibility index (Phi) is 6.50. The monoisotopic (exact) mass is 396 g/mol. The van der Waals surface area contributed by atoms with Crippen molar-refractivity contribution in [2.24, 2.45) is 0 Å². The molecule has 0 fully saturated rings. The lowest BCUT2D eigenvalue weighted by atomic mass is 10.2. The lowest BCUT2D eigenvalue weighted by Crippen LogP contribution is -2.02. The number of aromatic nitrogens is 2. The Hall–Kier alpha value is -3.05. The fourth-order valence-electron chi connectivity index (χ4n) is 2.69. The topological polar surface area (TPSA) is 53.4 Å². The van der Waals surface area contributed by atoms with Crippen molar-refractivity contribution in [2.45, 2.75) is 20.1 Å². The van der Waals surface area contributed by atoms with Crippen LogP contribution in [0, 0.1) is 6.92 Å². The molecule has 2 aromatic carbocycles. The van der Waals surface area contributed by atoms with Gasteiger partial charge in [0.25, 0.3) is 0 Å². The Bertz CT molecular complexity index is 963. The Morgan fingerprint density at radius 3 is 2.50 bits per heavy atom. The number of hydrogen-bond acceptors (Lipinski definition) is 4. The van der Waals surface area contributed by atoms with E-state index < -0.39 is 5.97 Å². The summed E-state index contributed by atoms with van der Waals surface area (Å²) in [5, 5.41) is 4.95. The van der Waals surface area contributed by atoms with Gasteiger partial charge in [-0.05, 0) is 36.3 Å². The molecular weight excluding hydrogens is 376 g/mol. The number of esters is 1. The maximum atomic E-state index is 12.0. The van der Waals surface area contributed by atoms with E-state index in [1.165, 1.54) is 6.08 Å². The number of halogens is 1. The summed E-state index contributed by atoms with van der Waals surface area (Å²) in [4.78, 5) is 12.0. The van der Waals surface area contributed by atoms with Crippen molar-refractivity contribution in [3.8, 4) is 5.75 Å². The summed E-state index contributed by atoms with van der Waals surface area (Å²) in [5.74, 6) is 0.315. The van der Waals surface area contributed by atoms with Crippen LogP contribution in [0.25, 0.3) is 6.08 Å². The first-order chi connectivity index (χ1) is 13.6. The highest BCUT2D eigenvalue weighted by Gasteiger charge is 2.12. The predicted molar refractivity (Wildman–Crippen MR) is 109 cm³/mol. The molecule has 0 saturated heterocycles. The molecule has 0 amide bonds. The molecule has 0 spiro atoms. The molecule has 0 atom stereocenters. The summed E-state index contributed by atoms with van der Waals surface area (Å²) >= 11 is 6.45. The highest BCUT2D eigenvalue weighted by Crippen LogP contribution is 2.22. The van der Waals surface area contributed by atoms with Gasteiger partial charge in [-0.2, -0.15) is 5.10 Å². The van der Waals surface area contributed by atoms with Crippen molar-refractivity contribution >= 4 is 23.6 Å². The average molecular weight is 397 g/mol. The van der Waals surface area contributed by atoms with Gasteiger partial charge >= 0.3 is 5.97 Å². The number of carbonyl (C=O) groups is 1. The Morgan fingerprint density at radius 1 is 1.11 bits per heavy atom. The van der Waals surface area contributed by atoms with Gasteiger partial charge in [0.1, 0.15) is 17.5 Å². The standard InChI is InChI=1S/C22H21ClN2O3/c1-16-20(22(23)25(24-16)14-17-6-4-3-5-7-17)12-13-21(26)28-15-18-8-10-19(27-2)11-9-18/h3-13H,14-15H2,1-2H3/b13-12+. The zero-order chi connectivity index (χ0) is 19.9. The molecule has 144 valence electrons. The average Bonchev–Trinajstić information content (AvgIpc) is 2.98. The molecule has 0 bridgehead atoms. The zero-order valence-electron chi connectivity index (χ0n) is 15.8. The smallest absolute Gasteiger partial charge is 0.331 e. The first-order valence-corrected chi connectivity index (χ1v) is 9.19. The summed E-state index contributed by atoms with van der Waals surface area (Å²) < 4.78 is 12.1. The predicted octanol–water partition coefficient (Wildman–Crippen LogP) is 4.66. The molecule has 0 radical (unpaired) electrons. The maximum absolute atomic E-state index is 12.0. The molecule has 0 aliphatic carbocycles. The molecule has 28 heavy (non-hydrogen) atoms. The normalized spacial score (nSPS) is 11.0. The van der Waals surface area contributed by atoms with Crippen molar-refractivity contribution in [3.63, 3.8) is 0 Å². The van der Waals surface area contributed by atoms with E-state index in [1.54, 1.807) is 17.9 Å². The molecule has 3 aromatic rings. The number of aryl methyl sites for hydroxylation is 1. The Labute approximate surface area is 169 Å². The van der Waals surface area contributed by atoms with Gasteiger partial charge in [-0.15, -0.1) is 0 Å². The largest absolute Gasteiger partial charge is 0.497 e. The van der Waals surface area contributed by atoms with Crippen LogP contribution in [0.4, 0.5) is 0 Å². The lowest BCUT2D eigenvalue weighted by Gasteiger charge is -2.04. The van der Waals surface area contributed by atoms with Gasteiger partial charge in [0.2, 0.25) is 0 Å². The van der Waals surface area contributed by atoms with Gasteiger partial charge in [-0.1, -0.05) is 54.1 Å². The molecule has 0 saturated carbocycles. The quantitative estimate of drug-likeness (QED) is 0.430. The van der Waals surface area contributed by atoms with Crippen LogP contribution >= 0.6 is 11.6 Å². The number of rotatable bonds is 7. The van der Waals surface area contributed by atoms with Crippen molar-refractivity contribution in [1.82, 2.24) is 9.78 Å². The van der Waals surface area contributed by atoms with Crippen molar-refractivity contribution in [1.29, 1.82) is 0 Å². The van der Waals surface area contributed by atoms with Crippen LogP contribution in [0.3, 0.4) is 0 Å². The zero-order valence-corrected chi connectivity index (χ0v) is 16.5. The summed E-state index contributed by atoms with van der Waals surface area (Å²) in [7, 11) is 1.61. The van der Waals surface area contributed by atoms with E-state index in [-0.39, 0.29) is 6.61 Å². The van der Waals surface area contributed by atoms with Gasteiger partial charge in [-0.3, -0.25) is 0 Å². The molecule has 3 rings (SSSR count). The Balaban J connectivity index is 1.62. The van der Waals surface area contributed by atoms with Crippen LogP contribution in [0.1, 0.15) is 22.4 Å². The molecule has 0 aliphatic rings. The minimum Gasteiger partial charge on any atom is -0.497 e. The van der Waals surface area contributed by atoms with Gasteiger partial charge in [0, 0.05) is 11.6 Å². The number of methoxy groups -OCH3 is 1. The summed E-state index contributed by atoms with van der Waals surface area (Å²) in [6, 6.07) is 17.3. The van der Waals surface area contributed by atoms with Crippen molar-refractivity contribution in [3.05, 3.63) is 88.2 Å². The maximum Gasteiger partial charge on any atom is 0.331 e. The van der Waals surface area contributed by atoms with Crippen LogP contribution < -0.4 is 4.74 Å². The van der Waals surface area contributed by atoms with Crippen LogP contribution in [-0.4, -0.2) is 22.9 Å². The van der Waals surface area contributed by atoms with Gasteiger partial charge in [0.05, 0.1) is 19.3 Å². The molecule has 6 heteroatoms. The van der Waals surface area contributed by atoms with E-state index in [2.05, 4.69) is 5.10 Å². The second-order valence-electron chi connectivity index (χ2n) is 6.22. The third-order valence-electron chi connectivity index (χ3n) is 4.21. The van der Waals surface area contributed by atoms with Crippen LogP contribution in [0.2, 0.25) is 5.15 Å². The van der Waals surface area contributed by atoms with Crippen LogP contribution in [0.5, 0.6) is 5.75 Å². The third-order valence-corrected chi connectivity index (χ3v) is 4.61. The van der Waals surface area contributed by atoms with E-state index in [1.807, 2.05) is 61.5 Å². The number of ether oxygens (including phenoxy) is 2. The summed E-state index contributed by atoms with van der Waals surface area (Å²) in [6.45, 7) is 2.61. The van der Waals surface area contributed by atoms with Crippen LogP contribution in [0.15, 0.2) is 60.7 Å². The first-order valence-electron chi connectivity index (χ1n) is 8.81. The number of hydrogen-bond donors (Lipinski definition) is 0. The second kappa shape index (κ2) is 9.24. The van der Waals surface area contributed by atoms with E-state index in [9.17, 15) is 4.79 Å². The molecule has 0 unspecified atom stereocenters. The number of nitrogens with zero attached hydrogens (tertiary/aromatic N) is 2. The number of carbonyl (C=O) groups excluding carboxylic acids is 1. The minimum absolute atomic E-state index is 0.188. The molecule has 0 N–H and O–H groups in total. The van der Waals surface area contributed by atoms with Gasteiger partial charge in [-0.25, -0.2) is 9.48 Å². The molecular formula is C22H21ClN2O3. The fraction of sp³-hybridized carbons (Fsp3) is 0.182. The highest BCUT2D eigenvalue weighted by atomic mass is 35.5. The molecule has 5 nitrogen and oxygen atoms in total.